The third-order valence-electron chi connectivity index (χ3n) is 2.65. The van der Waals surface area contributed by atoms with Gasteiger partial charge in [0.05, 0.1) is 15.7 Å². The summed E-state index contributed by atoms with van der Waals surface area (Å²) in [4.78, 5) is 12.5. The zero-order valence-corrected chi connectivity index (χ0v) is 13.2. The Labute approximate surface area is 131 Å². The molecule has 0 unspecified atom stereocenters. The van der Waals surface area contributed by atoms with E-state index in [9.17, 15) is 4.79 Å². The molecule has 0 aliphatic carbocycles. The number of hydrogen-bond donors (Lipinski definition) is 2. The molecule has 1 aromatic heterocycles. The number of thiophene rings is 1. The van der Waals surface area contributed by atoms with E-state index >= 15 is 0 Å². The third-order valence-corrected chi connectivity index (χ3v) is 4.26. The standard InChI is InChI=1S/C14H14Cl2N2OS/c1-2-14(19)18-10-3-4-12(16)13(6-10)17-7-11-5-9(15)8-20-11/h3-6,8,17H,2,7H2,1H3,(H,18,19). The number of halogens is 2. The minimum absolute atomic E-state index is 0.0247. The van der Waals surface area contributed by atoms with Crippen LogP contribution in [0.1, 0.15) is 18.2 Å². The van der Waals surface area contributed by atoms with Gasteiger partial charge in [0.25, 0.3) is 0 Å². The summed E-state index contributed by atoms with van der Waals surface area (Å²) < 4.78 is 0. The average molecular weight is 329 g/mol. The highest BCUT2D eigenvalue weighted by molar-refractivity contribution is 7.10. The average Bonchev–Trinajstić information content (AvgIpc) is 2.85. The topological polar surface area (TPSA) is 41.1 Å². The van der Waals surface area contributed by atoms with E-state index in [1.54, 1.807) is 23.5 Å². The van der Waals surface area contributed by atoms with Crippen molar-refractivity contribution >= 4 is 51.8 Å². The summed E-state index contributed by atoms with van der Waals surface area (Å²) in [5.41, 5.74) is 1.51. The summed E-state index contributed by atoms with van der Waals surface area (Å²) in [6.07, 6.45) is 0.444. The molecular weight excluding hydrogens is 315 g/mol. The van der Waals surface area contributed by atoms with Gasteiger partial charge in [-0.1, -0.05) is 30.1 Å². The van der Waals surface area contributed by atoms with Gasteiger partial charge in [0, 0.05) is 28.9 Å². The Kier molecular flexibility index (Phi) is 5.29. The summed E-state index contributed by atoms with van der Waals surface area (Å²) >= 11 is 13.6. The summed E-state index contributed by atoms with van der Waals surface area (Å²) in [6, 6.07) is 7.28. The van der Waals surface area contributed by atoms with Crippen molar-refractivity contribution in [2.24, 2.45) is 0 Å². The highest BCUT2D eigenvalue weighted by atomic mass is 35.5. The molecule has 0 saturated carbocycles. The molecule has 0 aliphatic rings. The van der Waals surface area contributed by atoms with E-state index in [1.807, 2.05) is 24.4 Å². The van der Waals surface area contributed by atoms with Gasteiger partial charge in [0.15, 0.2) is 0 Å². The molecule has 0 saturated heterocycles. The Bertz CT molecular complexity index is 613. The molecule has 0 aliphatic heterocycles. The number of nitrogens with one attached hydrogen (secondary N) is 2. The van der Waals surface area contributed by atoms with Crippen molar-refractivity contribution in [2.75, 3.05) is 10.6 Å². The highest BCUT2D eigenvalue weighted by Gasteiger charge is 2.05. The van der Waals surface area contributed by atoms with Crippen LogP contribution in [0.25, 0.3) is 0 Å². The van der Waals surface area contributed by atoms with Gasteiger partial charge >= 0.3 is 0 Å². The lowest BCUT2D eigenvalue weighted by molar-refractivity contribution is -0.115. The third kappa shape index (κ3) is 4.13. The fourth-order valence-electron chi connectivity index (χ4n) is 1.62. The smallest absolute Gasteiger partial charge is 0.224 e. The summed E-state index contributed by atoms with van der Waals surface area (Å²) in [6.45, 7) is 2.45. The Morgan fingerprint density at radius 1 is 1.30 bits per heavy atom. The van der Waals surface area contributed by atoms with E-state index in [2.05, 4.69) is 10.6 Å². The van der Waals surface area contributed by atoms with Crippen LogP contribution in [0.5, 0.6) is 0 Å². The largest absolute Gasteiger partial charge is 0.379 e. The predicted molar refractivity (Wildman–Crippen MR) is 87.0 cm³/mol. The molecule has 0 spiro atoms. The monoisotopic (exact) mass is 328 g/mol. The van der Waals surface area contributed by atoms with Gasteiger partial charge in [0.2, 0.25) is 5.91 Å². The lowest BCUT2D eigenvalue weighted by atomic mass is 10.2. The molecule has 6 heteroatoms. The second kappa shape index (κ2) is 6.97. The van der Waals surface area contributed by atoms with Crippen molar-refractivity contribution in [3.63, 3.8) is 0 Å². The molecule has 2 rings (SSSR count). The zero-order chi connectivity index (χ0) is 14.5. The molecule has 0 atom stereocenters. The minimum Gasteiger partial charge on any atom is -0.379 e. The molecule has 2 N–H and O–H groups in total. The van der Waals surface area contributed by atoms with Crippen molar-refractivity contribution < 1.29 is 4.79 Å². The number of carbonyl (C=O) groups excluding carboxylic acids is 1. The summed E-state index contributed by atoms with van der Waals surface area (Å²) in [5, 5.41) is 9.29. The zero-order valence-electron chi connectivity index (χ0n) is 10.9. The SMILES string of the molecule is CCC(=O)Nc1ccc(Cl)c(NCc2cc(Cl)cs2)c1. The second-order valence-corrected chi connectivity index (χ2v) is 6.02. The molecule has 2 aromatic rings. The van der Waals surface area contributed by atoms with E-state index in [-0.39, 0.29) is 5.91 Å². The van der Waals surface area contributed by atoms with Crippen LogP contribution in [0, 0.1) is 0 Å². The number of benzene rings is 1. The number of carbonyl (C=O) groups is 1. The maximum atomic E-state index is 11.4. The quantitative estimate of drug-likeness (QED) is 0.809. The van der Waals surface area contributed by atoms with Gasteiger partial charge in [-0.05, 0) is 24.3 Å². The molecule has 0 fully saturated rings. The van der Waals surface area contributed by atoms with Crippen LogP contribution in [0.4, 0.5) is 11.4 Å². The lowest BCUT2D eigenvalue weighted by Crippen LogP contribution is -2.09. The minimum atomic E-state index is -0.0247. The maximum Gasteiger partial charge on any atom is 0.224 e. The molecule has 1 amide bonds. The normalized spacial score (nSPS) is 10.3. The maximum absolute atomic E-state index is 11.4. The molecule has 1 heterocycles. The number of rotatable bonds is 5. The number of amides is 1. The van der Waals surface area contributed by atoms with Crippen molar-refractivity contribution in [2.45, 2.75) is 19.9 Å². The van der Waals surface area contributed by atoms with Crippen LogP contribution in [-0.2, 0) is 11.3 Å². The second-order valence-electron chi connectivity index (χ2n) is 4.18. The van der Waals surface area contributed by atoms with Crippen molar-refractivity contribution in [1.82, 2.24) is 0 Å². The van der Waals surface area contributed by atoms with Gasteiger partial charge in [-0.25, -0.2) is 0 Å². The number of hydrogen-bond acceptors (Lipinski definition) is 3. The predicted octanol–water partition coefficient (Wildman–Crippen LogP) is 5.02. The van der Waals surface area contributed by atoms with Gasteiger partial charge in [-0.2, -0.15) is 0 Å². The Morgan fingerprint density at radius 2 is 2.10 bits per heavy atom. The lowest BCUT2D eigenvalue weighted by Gasteiger charge is -2.10. The Balaban J connectivity index is 2.06. The van der Waals surface area contributed by atoms with Crippen LogP contribution in [0.15, 0.2) is 29.6 Å². The van der Waals surface area contributed by atoms with Crippen LogP contribution >= 0.6 is 34.5 Å². The number of anilines is 2. The van der Waals surface area contributed by atoms with Gasteiger partial charge in [-0.15, -0.1) is 11.3 Å². The van der Waals surface area contributed by atoms with E-state index in [0.717, 1.165) is 21.3 Å². The van der Waals surface area contributed by atoms with Crippen molar-refractivity contribution in [1.29, 1.82) is 0 Å². The van der Waals surface area contributed by atoms with Gasteiger partial charge in [0.1, 0.15) is 0 Å². The van der Waals surface area contributed by atoms with Crippen LogP contribution in [0.3, 0.4) is 0 Å². The van der Waals surface area contributed by atoms with Crippen molar-refractivity contribution in [3.8, 4) is 0 Å². The van der Waals surface area contributed by atoms with Crippen LogP contribution in [0.2, 0.25) is 10.0 Å². The molecule has 3 nitrogen and oxygen atoms in total. The first-order valence-corrected chi connectivity index (χ1v) is 7.78. The van der Waals surface area contributed by atoms with E-state index < -0.39 is 0 Å². The Morgan fingerprint density at radius 3 is 2.75 bits per heavy atom. The fourth-order valence-corrected chi connectivity index (χ4v) is 2.81. The van der Waals surface area contributed by atoms with E-state index in [1.165, 1.54) is 0 Å². The van der Waals surface area contributed by atoms with Crippen LogP contribution < -0.4 is 10.6 Å². The first-order valence-electron chi connectivity index (χ1n) is 6.14. The first kappa shape index (κ1) is 15.2. The molecule has 1 aromatic carbocycles. The molecule has 0 bridgehead atoms. The molecule has 0 radical (unpaired) electrons. The molecular formula is C14H14Cl2N2OS. The molecule has 106 valence electrons. The van der Waals surface area contributed by atoms with E-state index in [4.69, 9.17) is 23.2 Å². The molecule has 20 heavy (non-hydrogen) atoms. The van der Waals surface area contributed by atoms with Gasteiger partial charge < -0.3 is 10.6 Å². The summed E-state index contributed by atoms with van der Waals surface area (Å²) in [5.74, 6) is -0.0247. The van der Waals surface area contributed by atoms with Crippen molar-refractivity contribution in [3.05, 3.63) is 44.6 Å². The highest BCUT2D eigenvalue weighted by Crippen LogP contribution is 2.27. The Hall–Kier alpha value is -1.23. The van der Waals surface area contributed by atoms with Gasteiger partial charge in [-0.3, -0.25) is 4.79 Å². The first-order chi connectivity index (χ1) is 9.58. The van der Waals surface area contributed by atoms with Crippen LogP contribution in [-0.4, -0.2) is 5.91 Å². The summed E-state index contributed by atoms with van der Waals surface area (Å²) in [7, 11) is 0. The van der Waals surface area contributed by atoms with E-state index in [0.29, 0.717) is 18.0 Å². The fraction of sp³-hybridized carbons (Fsp3) is 0.214.